The molecule has 0 aliphatic heterocycles. The van der Waals surface area contributed by atoms with E-state index >= 15 is 0 Å². The fourth-order valence-corrected chi connectivity index (χ4v) is 4.12. The molecule has 0 radical (unpaired) electrons. The Balaban J connectivity index is 1.55. The van der Waals surface area contributed by atoms with Gasteiger partial charge in [0.25, 0.3) is 0 Å². The number of benzene rings is 1. The molecule has 4 heteroatoms. The number of hydrogen-bond donors (Lipinski definition) is 0. The second kappa shape index (κ2) is 15.4. The van der Waals surface area contributed by atoms with Gasteiger partial charge in [-0.2, -0.15) is 0 Å². The van der Waals surface area contributed by atoms with Crippen molar-refractivity contribution in [1.29, 1.82) is 0 Å². The highest BCUT2D eigenvalue weighted by atomic mass is 16.5. The van der Waals surface area contributed by atoms with Crippen LogP contribution >= 0.6 is 0 Å². The van der Waals surface area contributed by atoms with Crippen LogP contribution in [0.5, 0.6) is 5.75 Å². The van der Waals surface area contributed by atoms with Crippen molar-refractivity contribution >= 4 is 17.5 Å². The monoisotopic (exact) mass is 452 g/mol. The van der Waals surface area contributed by atoms with E-state index < -0.39 is 0 Å². The molecule has 2 rings (SSSR count). The zero-order valence-corrected chi connectivity index (χ0v) is 20.5. The summed E-state index contributed by atoms with van der Waals surface area (Å²) in [5.41, 5.74) is 0.918. The van der Waals surface area contributed by atoms with E-state index in [2.05, 4.69) is 19.1 Å². The van der Waals surface area contributed by atoms with Crippen LogP contribution in [0.1, 0.15) is 124 Å². The molecule has 0 atom stereocenters. The van der Waals surface area contributed by atoms with E-state index in [1.54, 1.807) is 25.1 Å². The maximum Gasteiger partial charge on any atom is 0.311 e. The molecule has 1 aliphatic carbocycles. The Kier molecular flexibility index (Phi) is 12.5. The number of unbranched alkanes of at least 4 members (excludes halogenated alkanes) is 11. The summed E-state index contributed by atoms with van der Waals surface area (Å²) in [5, 5.41) is 0. The van der Waals surface area contributed by atoms with Crippen molar-refractivity contribution in [2.75, 3.05) is 0 Å². The number of esters is 1. The first-order valence-electron chi connectivity index (χ1n) is 12.8. The van der Waals surface area contributed by atoms with Crippen LogP contribution in [0.3, 0.4) is 0 Å². The maximum atomic E-state index is 12.3. The lowest BCUT2D eigenvalue weighted by molar-refractivity contribution is -0.134. The summed E-state index contributed by atoms with van der Waals surface area (Å²) in [4.78, 5) is 36.8. The summed E-state index contributed by atoms with van der Waals surface area (Å²) in [6.07, 6.45) is 21.9. The molecule has 1 aromatic rings. The number of ether oxygens (including phenoxy) is 1. The summed E-state index contributed by atoms with van der Waals surface area (Å²) in [6, 6.07) is 4.83. The molecule has 4 nitrogen and oxygen atoms in total. The lowest BCUT2D eigenvalue weighted by Crippen LogP contribution is -2.18. The van der Waals surface area contributed by atoms with Crippen molar-refractivity contribution in [3.8, 4) is 5.75 Å². The number of rotatable bonds is 16. The van der Waals surface area contributed by atoms with Gasteiger partial charge >= 0.3 is 5.97 Å². The van der Waals surface area contributed by atoms with Crippen molar-refractivity contribution in [3.63, 3.8) is 0 Å². The molecule has 0 aromatic heterocycles. The molecule has 0 heterocycles. The molecular weight excluding hydrogens is 412 g/mol. The predicted octanol–water partition coefficient (Wildman–Crippen LogP) is 7.95. The van der Waals surface area contributed by atoms with Crippen LogP contribution < -0.4 is 4.74 Å². The second-order valence-electron chi connectivity index (χ2n) is 9.01. The van der Waals surface area contributed by atoms with Crippen LogP contribution in [-0.4, -0.2) is 17.5 Å². The molecule has 0 fully saturated rings. The Morgan fingerprint density at radius 2 is 1.45 bits per heavy atom. The van der Waals surface area contributed by atoms with Crippen molar-refractivity contribution in [1.82, 2.24) is 0 Å². The highest BCUT2D eigenvalue weighted by Gasteiger charge is 2.27. The Labute approximate surface area is 199 Å². The first kappa shape index (κ1) is 26.8. The van der Waals surface area contributed by atoms with Crippen molar-refractivity contribution in [2.45, 2.75) is 104 Å². The normalized spacial score (nSPS) is 13.3. The van der Waals surface area contributed by atoms with Crippen LogP contribution in [0.15, 0.2) is 42.0 Å². The van der Waals surface area contributed by atoms with Gasteiger partial charge in [0.2, 0.25) is 0 Å². The average molecular weight is 453 g/mol. The molecule has 0 amide bonds. The first-order chi connectivity index (χ1) is 16.0. The van der Waals surface area contributed by atoms with E-state index in [-0.39, 0.29) is 28.8 Å². The number of hydrogen-bond acceptors (Lipinski definition) is 4. The van der Waals surface area contributed by atoms with Crippen LogP contribution in [0.4, 0.5) is 0 Å². The van der Waals surface area contributed by atoms with Crippen LogP contribution in [0, 0.1) is 0 Å². The van der Waals surface area contributed by atoms with Gasteiger partial charge in [-0.3, -0.25) is 14.4 Å². The largest absolute Gasteiger partial charge is 0.426 e. The lowest BCUT2D eigenvalue weighted by Gasteiger charge is -2.16. The molecule has 1 aromatic carbocycles. The minimum atomic E-state index is -0.354. The maximum absolute atomic E-state index is 12.3. The zero-order chi connectivity index (χ0) is 23.9. The van der Waals surface area contributed by atoms with Gasteiger partial charge in [-0.15, -0.1) is 0 Å². The van der Waals surface area contributed by atoms with Crippen molar-refractivity contribution in [2.24, 2.45) is 0 Å². The van der Waals surface area contributed by atoms with E-state index in [4.69, 9.17) is 4.74 Å². The van der Waals surface area contributed by atoms with Crippen LogP contribution in [0.2, 0.25) is 0 Å². The van der Waals surface area contributed by atoms with Crippen molar-refractivity contribution < 1.29 is 19.1 Å². The predicted molar refractivity (Wildman–Crippen MR) is 134 cm³/mol. The number of Topliss-reactive ketones (excluding diaryl/α,β-unsaturated/α-hetero) is 1. The third-order valence-electron chi connectivity index (χ3n) is 6.09. The third-order valence-corrected chi connectivity index (χ3v) is 6.09. The average Bonchev–Trinajstić information content (AvgIpc) is 2.80. The number of ketones is 2. The van der Waals surface area contributed by atoms with Gasteiger partial charge in [0.15, 0.2) is 11.6 Å². The molecule has 0 spiro atoms. The minimum Gasteiger partial charge on any atom is -0.426 e. The zero-order valence-electron chi connectivity index (χ0n) is 20.5. The quantitative estimate of drug-likeness (QED) is 0.110. The van der Waals surface area contributed by atoms with E-state index in [1.807, 2.05) is 0 Å². The van der Waals surface area contributed by atoms with Gasteiger partial charge in [-0.25, -0.2) is 0 Å². The first-order valence-corrected chi connectivity index (χ1v) is 12.8. The summed E-state index contributed by atoms with van der Waals surface area (Å²) in [6.45, 7) is 3.87. The van der Waals surface area contributed by atoms with E-state index in [9.17, 15) is 14.4 Å². The summed E-state index contributed by atoms with van der Waals surface area (Å²) in [5.74, 6) is -0.647. The summed E-state index contributed by atoms with van der Waals surface area (Å²) in [7, 11) is 0. The molecule has 0 saturated carbocycles. The third kappa shape index (κ3) is 9.49. The highest BCUT2D eigenvalue weighted by molar-refractivity contribution is 6.25. The highest BCUT2D eigenvalue weighted by Crippen LogP contribution is 2.29. The van der Waals surface area contributed by atoms with Gasteiger partial charge in [0, 0.05) is 17.6 Å². The molecule has 0 unspecified atom stereocenters. The summed E-state index contributed by atoms with van der Waals surface area (Å²) < 4.78 is 5.44. The van der Waals surface area contributed by atoms with Crippen LogP contribution in [-0.2, 0) is 4.79 Å². The van der Waals surface area contributed by atoms with Crippen LogP contribution in [0.25, 0.3) is 0 Å². The fraction of sp³-hybridized carbons (Fsp3) is 0.552. The molecule has 33 heavy (non-hydrogen) atoms. The number of carbonyl (C=O) groups excluding carboxylic acids is 3. The Bertz CT molecular complexity index is 847. The van der Waals surface area contributed by atoms with Crippen molar-refractivity contribution in [3.05, 3.63) is 53.1 Å². The van der Waals surface area contributed by atoms with Gasteiger partial charge in [0.05, 0.1) is 5.56 Å². The smallest absolute Gasteiger partial charge is 0.311 e. The molecule has 0 bridgehead atoms. The Morgan fingerprint density at radius 3 is 2.12 bits per heavy atom. The topological polar surface area (TPSA) is 60.4 Å². The van der Waals surface area contributed by atoms with Gasteiger partial charge < -0.3 is 4.74 Å². The van der Waals surface area contributed by atoms with E-state index in [1.165, 1.54) is 63.9 Å². The number of fused-ring (bicyclic) bond motifs is 1. The Hall–Kier alpha value is -2.49. The van der Waals surface area contributed by atoms with E-state index in [0.29, 0.717) is 17.6 Å². The molecular formula is C29H40O4. The minimum absolute atomic E-state index is 0.187. The van der Waals surface area contributed by atoms with Gasteiger partial charge in [-0.05, 0) is 51.2 Å². The number of carbonyl (C=O) groups is 3. The molecule has 0 N–H and O–H groups in total. The fourth-order valence-electron chi connectivity index (χ4n) is 4.12. The van der Waals surface area contributed by atoms with Gasteiger partial charge in [0.1, 0.15) is 5.75 Å². The van der Waals surface area contributed by atoms with E-state index in [0.717, 1.165) is 25.7 Å². The Morgan fingerprint density at radius 1 is 0.848 bits per heavy atom. The van der Waals surface area contributed by atoms with Gasteiger partial charge in [-0.1, -0.05) is 82.6 Å². The second-order valence-corrected chi connectivity index (χ2v) is 9.01. The summed E-state index contributed by atoms with van der Waals surface area (Å²) >= 11 is 0. The lowest BCUT2D eigenvalue weighted by atomic mass is 9.89. The standard InChI is InChI=1S/C29H40O4/c1-3-4-5-6-7-8-9-10-11-12-13-14-15-16-17-21-27(31)33-26-20-18-19-24-28(26)25(30)22-23(2)29(24)32/h10-11,18-20,22H,3-9,12-17,21H2,1-2H3/b11-10-. The molecule has 180 valence electrons. The SMILES string of the molecule is CCCCCCCC/C=C\CCCCCCCC(=O)Oc1cccc2c1C(=O)C=C(C)C2=O. The number of allylic oxidation sites excluding steroid dienone is 4. The molecule has 1 aliphatic rings. The molecule has 0 saturated heterocycles.